The molecule has 33 valence electrons. The van der Waals surface area contributed by atoms with Gasteiger partial charge in [-0.05, 0) is 0 Å². The van der Waals surface area contributed by atoms with E-state index in [1.165, 1.54) is 0 Å². The average molecular weight is 448 g/mol. The van der Waals surface area contributed by atoms with Crippen molar-refractivity contribution in [3.63, 3.8) is 0 Å². The van der Waals surface area contributed by atoms with Gasteiger partial charge in [-0.25, -0.2) is 0 Å². The second-order valence-corrected chi connectivity index (χ2v) is 0. The Balaban J connectivity index is 0. The van der Waals surface area contributed by atoms with Crippen molar-refractivity contribution in [1.29, 1.82) is 0 Å². The third-order valence-corrected chi connectivity index (χ3v) is 0. The summed E-state index contributed by atoms with van der Waals surface area (Å²) in [5.74, 6) is 0. The fraction of sp³-hybridized carbons (Fsp3) is 0. The van der Waals surface area contributed by atoms with Crippen LogP contribution in [-0.2, 0) is 44.4 Å². The SMILES string of the molecule is [Cd].[Cu].[GaH3].[InH3].[SeH2]. The topological polar surface area (TPSA) is 0 Å². The van der Waals surface area contributed by atoms with Gasteiger partial charge in [0.2, 0.25) is 0 Å². The van der Waals surface area contributed by atoms with E-state index < -0.39 is 0 Å². The first-order valence-corrected chi connectivity index (χ1v) is 0. The minimum absolute atomic E-state index is 0. The molecule has 0 N–H and O–H groups in total. The minimum atomic E-state index is 0. The second-order valence-electron chi connectivity index (χ2n) is 0. The Hall–Kier alpha value is 3.47. The van der Waals surface area contributed by atoms with E-state index in [0.717, 1.165) is 0 Å². The van der Waals surface area contributed by atoms with Crippen LogP contribution in [0.5, 0.6) is 0 Å². The molecule has 0 aromatic rings. The molecule has 0 saturated heterocycles. The molecule has 0 heterocycles. The van der Waals surface area contributed by atoms with Gasteiger partial charge in [0.05, 0.1) is 0 Å². The van der Waals surface area contributed by atoms with E-state index in [0.29, 0.717) is 0 Å². The van der Waals surface area contributed by atoms with Gasteiger partial charge in [0.1, 0.15) is 0 Å². The Morgan fingerprint density at radius 2 is 1.00 bits per heavy atom. The van der Waals surface area contributed by atoms with Crippen LogP contribution < -0.4 is 0 Å². The predicted molar refractivity (Wildman–Crippen MR) is 28.4 cm³/mol. The summed E-state index contributed by atoms with van der Waals surface area (Å²) >= 11 is 0. The quantitative estimate of drug-likeness (QED) is 0.342. The molecule has 5 heteroatoms. The molecular formula is H8CdCuGaInSe. The molecule has 0 aliphatic heterocycles. The molecule has 0 unspecified atom stereocenters. The molecule has 0 aromatic heterocycles. The zero-order valence-electron chi connectivity index (χ0n) is 1.51. The first-order chi connectivity index (χ1) is 0. The molecule has 1 radical (unpaired) electrons. The Morgan fingerprint density at radius 3 is 1.00 bits per heavy atom. The molecule has 0 bridgehead atoms. The van der Waals surface area contributed by atoms with Gasteiger partial charge in [-0.1, -0.05) is 0 Å². The van der Waals surface area contributed by atoms with E-state index in [4.69, 9.17) is 0 Å². The van der Waals surface area contributed by atoms with Crippen molar-refractivity contribution in [2.45, 2.75) is 0 Å². The van der Waals surface area contributed by atoms with E-state index in [9.17, 15) is 0 Å². The van der Waals surface area contributed by atoms with Crippen molar-refractivity contribution in [2.75, 3.05) is 0 Å². The van der Waals surface area contributed by atoms with Crippen LogP contribution in [0.25, 0.3) is 0 Å². The fourth-order valence-electron chi connectivity index (χ4n) is 0. The molecule has 0 saturated carbocycles. The third-order valence-electron chi connectivity index (χ3n) is 0. The first kappa shape index (κ1) is 39.3. The molecule has 0 aliphatic rings. The standard InChI is InChI=1S/Cd.Cu.Ga.In.H2Se.6H/h;;;;1H2;;;;;;. The van der Waals surface area contributed by atoms with Gasteiger partial charge < -0.3 is 0 Å². The Labute approximate surface area is 105 Å². The monoisotopic (exact) mass is 449 g/mol. The number of hydrogen-bond acceptors (Lipinski definition) is 0. The normalized spacial score (nSPS) is 0. The maximum absolute atomic E-state index is 0. The van der Waals surface area contributed by atoms with Crippen LogP contribution in [-0.4, -0.2) is 62.7 Å². The van der Waals surface area contributed by atoms with E-state index in [-0.39, 0.29) is 107 Å². The van der Waals surface area contributed by atoms with E-state index >= 15 is 0 Å². The molecule has 0 nitrogen and oxygen atoms in total. The van der Waals surface area contributed by atoms with Crippen molar-refractivity contribution < 1.29 is 44.4 Å². The van der Waals surface area contributed by atoms with Crippen LogP contribution in [0.1, 0.15) is 0 Å². The van der Waals surface area contributed by atoms with E-state index in [1.807, 2.05) is 0 Å². The van der Waals surface area contributed by atoms with Gasteiger partial charge in [0, 0.05) is 44.4 Å². The molecule has 5 heavy (non-hydrogen) atoms. The van der Waals surface area contributed by atoms with Crippen LogP contribution in [0.15, 0.2) is 0 Å². The molecule has 0 aromatic carbocycles. The number of hydrogen-bond donors (Lipinski definition) is 0. The summed E-state index contributed by atoms with van der Waals surface area (Å²) in [6, 6.07) is 0. The summed E-state index contributed by atoms with van der Waals surface area (Å²) in [6.07, 6.45) is 0. The molecule has 0 fully saturated rings. The summed E-state index contributed by atoms with van der Waals surface area (Å²) in [7, 11) is 0. The summed E-state index contributed by atoms with van der Waals surface area (Å²) in [6.45, 7) is 0. The average Bonchev–Trinajstić information content (AvgIpc) is 0. The van der Waals surface area contributed by atoms with Gasteiger partial charge in [-0.15, -0.1) is 0 Å². The molecule has 0 spiro atoms. The second kappa shape index (κ2) is 26.0. The van der Waals surface area contributed by atoms with Gasteiger partial charge in [0.25, 0.3) is 0 Å². The molecule has 0 amide bonds. The van der Waals surface area contributed by atoms with Crippen LogP contribution in [0, 0.1) is 0 Å². The van der Waals surface area contributed by atoms with Crippen molar-refractivity contribution >= 4 is 62.7 Å². The zero-order valence-corrected chi connectivity index (χ0v) is 8.58. The number of rotatable bonds is 0. The van der Waals surface area contributed by atoms with Gasteiger partial charge >= 0.3 is 62.7 Å². The Morgan fingerprint density at radius 1 is 1.00 bits per heavy atom. The van der Waals surface area contributed by atoms with Gasteiger partial charge in [-0.2, -0.15) is 0 Å². The molecular weight excluding hydrogens is 439 g/mol. The summed E-state index contributed by atoms with van der Waals surface area (Å²) in [5, 5.41) is 0. The van der Waals surface area contributed by atoms with Crippen molar-refractivity contribution in [2.24, 2.45) is 0 Å². The van der Waals surface area contributed by atoms with Crippen molar-refractivity contribution in [3.05, 3.63) is 0 Å². The molecule has 0 atom stereocenters. The predicted octanol–water partition coefficient (Wildman–Crippen LogP) is -3.29. The van der Waals surface area contributed by atoms with Crippen LogP contribution >= 0.6 is 0 Å². The molecule has 0 rings (SSSR count). The van der Waals surface area contributed by atoms with Gasteiger partial charge in [0.15, 0.2) is 0 Å². The Bertz CT molecular complexity index is 11.6. The van der Waals surface area contributed by atoms with Crippen molar-refractivity contribution in [1.82, 2.24) is 0 Å². The van der Waals surface area contributed by atoms with Crippen LogP contribution in [0.2, 0.25) is 0 Å². The molecule has 0 aliphatic carbocycles. The Kier molecular flexibility index (Phi) is 204. The van der Waals surface area contributed by atoms with Gasteiger partial charge in [-0.3, -0.25) is 0 Å². The van der Waals surface area contributed by atoms with E-state index in [1.54, 1.807) is 0 Å². The van der Waals surface area contributed by atoms with Crippen molar-refractivity contribution in [3.8, 4) is 0 Å². The third kappa shape index (κ3) is 18.6. The zero-order chi connectivity index (χ0) is 0. The summed E-state index contributed by atoms with van der Waals surface area (Å²) in [4.78, 5) is 0. The van der Waals surface area contributed by atoms with E-state index in [2.05, 4.69) is 0 Å². The summed E-state index contributed by atoms with van der Waals surface area (Å²) in [5.41, 5.74) is 0. The van der Waals surface area contributed by atoms with Crippen LogP contribution in [0.4, 0.5) is 0 Å². The maximum atomic E-state index is 0. The van der Waals surface area contributed by atoms with Crippen LogP contribution in [0.3, 0.4) is 0 Å². The first-order valence-electron chi connectivity index (χ1n) is 0. The summed E-state index contributed by atoms with van der Waals surface area (Å²) < 4.78 is 0. The fourth-order valence-corrected chi connectivity index (χ4v) is 0.